The van der Waals surface area contributed by atoms with Gasteiger partial charge in [-0.3, -0.25) is 0 Å². The fourth-order valence-electron chi connectivity index (χ4n) is 1.54. The Morgan fingerprint density at radius 1 is 1.11 bits per heavy atom. The zero-order valence-corrected chi connectivity index (χ0v) is 11.1. The van der Waals surface area contributed by atoms with Gasteiger partial charge in [-0.25, -0.2) is 0 Å². The number of nitrogens with zero attached hydrogens (tertiary/aromatic N) is 2. The number of aliphatic hydroxyl groups excluding tert-OH is 1. The number of rotatable bonds is 5. The number of halogens is 2. The average molecular weight is 287 g/mol. The minimum Gasteiger partial charge on any atom is -0.396 e. The van der Waals surface area contributed by atoms with Gasteiger partial charge in [-0.2, -0.15) is 4.98 Å². The fourth-order valence-corrected chi connectivity index (χ4v) is 2.07. The molecule has 2 aromatic rings. The van der Waals surface area contributed by atoms with Crippen LogP contribution in [0.4, 0.5) is 0 Å². The standard InChI is InChI=1S/C12H12Cl2N2O2/c13-9-5-8(6-10(14)7-9)12-15-11(18-16-12)3-1-2-4-17/h5-7,17H,1-4H2. The molecule has 1 aromatic heterocycles. The van der Waals surface area contributed by atoms with Crippen LogP contribution in [0.1, 0.15) is 18.7 Å². The van der Waals surface area contributed by atoms with Gasteiger partial charge in [-0.1, -0.05) is 28.4 Å². The summed E-state index contributed by atoms with van der Waals surface area (Å²) in [6.07, 6.45) is 2.19. The quantitative estimate of drug-likeness (QED) is 0.857. The topological polar surface area (TPSA) is 59.2 Å². The van der Waals surface area contributed by atoms with Crippen molar-refractivity contribution < 1.29 is 9.63 Å². The van der Waals surface area contributed by atoms with Gasteiger partial charge in [0.2, 0.25) is 11.7 Å². The van der Waals surface area contributed by atoms with Gasteiger partial charge in [-0.15, -0.1) is 0 Å². The lowest BCUT2D eigenvalue weighted by molar-refractivity contribution is 0.281. The minimum absolute atomic E-state index is 0.172. The molecule has 0 amide bonds. The Hall–Kier alpha value is -1.10. The molecule has 0 unspecified atom stereocenters. The Bertz CT molecular complexity index is 508. The summed E-state index contributed by atoms with van der Waals surface area (Å²) in [5, 5.41) is 13.6. The van der Waals surface area contributed by atoms with Crippen LogP contribution in [0.15, 0.2) is 22.7 Å². The molecule has 0 spiro atoms. The van der Waals surface area contributed by atoms with Crippen LogP contribution in [0, 0.1) is 0 Å². The molecule has 1 heterocycles. The molecule has 1 aromatic carbocycles. The van der Waals surface area contributed by atoms with Gasteiger partial charge < -0.3 is 9.63 Å². The maximum atomic E-state index is 8.69. The third-order valence-corrected chi connectivity index (χ3v) is 2.82. The number of hydrogen-bond donors (Lipinski definition) is 1. The Morgan fingerprint density at radius 3 is 2.50 bits per heavy atom. The second-order valence-corrected chi connectivity index (χ2v) is 4.72. The minimum atomic E-state index is 0.172. The molecule has 0 atom stereocenters. The lowest BCUT2D eigenvalue weighted by atomic mass is 10.2. The molecule has 0 fully saturated rings. The molecule has 2 rings (SSSR count). The van der Waals surface area contributed by atoms with E-state index in [1.165, 1.54) is 0 Å². The lowest BCUT2D eigenvalue weighted by Gasteiger charge is -1.97. The number of hydrogen-bond acceptors (Lipinski definition) is 4. The Kier molecular flexibility index (Phi) is 4.58. The molecular formula is C12H12Cl2N2O2. The van der Waals surface area contributed by atoms with E-state index in [0.717, 1.165) is 18.4 Å². The highest BCUT2D eigenvalue weighted by Crippen LogP contribution is 2.25. The highest BCUT2D eigenvalue weighted by Gasteiger charge is 2.09. The largest absolute Gasteiger partial charge is 0.396 e. The zero-order chi connectivity index (χ0) is 13.0. The van der Waals surface area contributed by atoms with Crippen LogP contribution < -0.4 is 0 Å². The van der Waals surface area contributed by atoms with E-state index in [0.29, 0.717) is 28.2 Å². The normalized spacial score (nSPS) is 10.8. The first-order valence-corrected chi connectivity index (χ1v) is 6.34. The Morgan fingerprint density at radius 2 is 1.83 bits per heavy atom. The van der Waals surface area contributed by atoms with Crippen molar-refractivity contribution in [3.63, 3.8) is 0 Å². The van der Waals surface area contributed by atoms with E-state index in [1.807, 2.05) is 0 Å². The molecule has 6 heteroatoms. The second-order valence-electron chi connectivity index (χ2n) is 3.85. The number of aromatic nitrogens is 2. The second kappa shape index (κ2) is 6.18. The summed E-state index contributed by atoms with van der Waals surface area (Å²) in [4.78, 5) is 4.26. The van der Waals surface area contributed by atoms with Gasteiger partial charge in [0.25, 0.3) is 0 Å². The number of aryl methyl sites for hydroxylation is 1. The van der Waals surface area contributed by atoms with E-state index in [1.54, 1.807) is 18.2 Å². The van der Waals surface area contributed by atoms with Gasteiger partial charge in [-0.05, 0) is 31.0 Å². The molecule has 0 aliphatic heterocycles. The number of unbranched alkanes of at least 4 members (excludes halogenated alkanes) is 1. The summed E-state index contributed by atoms with van der Waals surface area (Å²) in [6, 6.07) is 5.11. The molecule has 1 N–H and O–H groups in total. The third kappa shape index (κ3) is 3.45. The van der Waals surface area contributed by atoms with Gasteiger partial charge in [0.1, 0.15) is 0 Å². The van der Waals surface area contributed by atoms with Gasteiger partial charge in [0.05, 0.1) is 0 Å². The summed E-state index contributed by atoms with van der Waals surface area (Å²) in [5.74, 6) is 1.02. The molecule has 0 saturated carbocycles. The van der Waals surface area contributed by atoms with Crippen molar-refractivity contribution in [3.05, 3.63) is 34.1 Å². The van der Waals surface area contributed by atoms with Crippen LogP contribution >= 0.6 is 23.2 Å². The van der Waals surface area contributed by atoms with Crippen LogP contribution in [0.5, 0.6) is 0 Å². The monoisotopic (exact) mass is 286 g/mol. The predicted molar refractivity (Wildman–Crippen MR) is 69.8 cm³/mol. The van der Waals surface area contributed by atoms with E-state index in [-0.39, 0.29) is 6.61 Å². The van der Waals surface area contributed by atoms with Crippen molar-refractivity contribution >= 4 is 23.2 Å². The van der Waals surface area contributed by atoms with Gasteiger partial charge >= 0.3 is 0 Å². The van der Waals surface area contributed by atoms with Crippen LogP contribution in [-0.2, 0) is 6.42 Å². The summed E-state index contributed by atoms with van der Waals surface area (Å²) < 4.78 is 5.12. The highest BCUT2D eigenvalue weighted by atomic mass is 35.5. The molecule has 0 aliphatic carbocycles. The van der Waals surface area contributed by atoms with Crippen LogP contribution in [-0.4, -0.2) is 21.9 Å². The molecule has 0 aliphatic rings. The summed E-state index contributed by atoms with van der Waals surface area (Å²) in [6.45, 7) is 0.172. The maximum Gasteiger partial charge on any atom is 0.226 e. The van der Waals surface area contributed by atoms with E-state index in [9.17, 15) is 0 Å². The smallest absolute Gasteiger partial charge is 0.226 e. The summed E-state index contributed by atoms with van der Waals surface area (Å²) >= 11 is 11.8. The average Bonchev–Trinajstić information content (AvgIpc) is 2.77. The first-order chi connectivity index (χ1) is 8.69. The van der Waals surface area contributed by atoms with E-state index < -0.39 is 0 Å². The van der Waals surface area contributed by atoms with Crippen molar-refractivity contribution in [2.24, 2.45) is 0 Å². The molecular weight excluding hydrogens is 275 g/mol. The van der Waals surface area contributed by atoms with Crippen LogP contribution in [0.25, 0.3) is 11.4 Å². The molecule has 0 bridgehead atoms. The Balaban J connectivity index is 2.13. The Labute approximate surface area is 115 Å². The van der Waals surface area contributed by atoms with Crippen LogP contribution in [0.2, 0.25) is 10.0 Å². The van der Waals surface area contributed by atoms with Crippen molar-refractivity contribution in [1.29, 1.82) is 0 Å². The zero-order valence-electron chi connectivity index (χ0n) is 9.57. The maximum absolute atomic E-state index is 8.69. The van der Waals surface area contributed by atoms with Crippen molar-refractivity contribution in [3.8, 4) is 11.4 Å². The summed E-state index contributed by atoms with van der Waals surface area (Å²) in [5.41, 5.74) is 0.727. The van der Waals surface area contributed by atoms with Crippen molar-refractivity contribution in [2.75, 3.05) is 6.61 Å². The number of aliphatic hydroxyl groups is 1. The SMILES string of the molecule is OCCCCc1nc(-c2cc(Cl)cc(Cl)c2)no1. The van der Waals surface area contributed by atoms with Crippen molar-refractivity contribution in [1.82, 2.24) is 10.1 Å². The predicted octanol–water partition coefficient (Wildman–Crippen LogP) is 3.36. The lowest BCUT2D eigenvalue weighted by Crippen LogP contribution is -1.89. The van der Waals surface area contributed by atoms with Crippen LogP contribution in [0.3, 0.4) is 0 Å². The van der Waals surface area contributed by atoms with E-state index in [2.05, 4.69) is 10.1 Å². The fraction of sp³-hybridized carbons (Fsp3) is 0.333. The molecule has 18 heavy (non-hydrogen) atoms. The van der Waals surface area contributed by atoms with Crippen molar-refractivity contribution in [2.45, 2.75) is 19.3 Å². The molecule has 96 valence electrons. The first kappa shape index (κ1) is 13.3. The van der Waals surface area contributed by atoms with Gasteiger partial charge in [0.15, 0.2) is 0 Å². The number of benzene rings is 1. The van der Waals surface area contributed by atoms with E-state index in [4.69, 9.17) is 32.8 Å². The molecule has 0 radical (unpaired) electrons. The van der Waals surface area contributed by atoms with E-state index >= 15 is 0 Å². The first-order valence-electron chi connectivity index (χ1n) is 5.59. The summed E-state index contributed by atoms with van der Waals surface area (Å²) in [7, 11) is 0. The molecule has 4 nitrogen and oxygen atoms in total. The molecule has 0 saturated heterocycles. The highest BCUT2D eigenvalue weighted by molar-refractivity contribution is 6.35. The third-order valence-electron chi connectivity index (χ3n) is 2.39. The van der Waals surface area contributed by atoms with Gasteiger partial charge in [0, 0.05) is 28.6 Å².